The lowest BCUT2D eigenvalue weighted by Crippen LogP contribution is -1.87. The molecule has 0 aromatic heterocycles. The van der Waals surface area contributed by atoms with E-state index in [4.69, 9.17) is 10.00 Å². The molecule has 13 heavy (non-hydrogen) atoms. The Labute approximate surface area is 82.5 Å². The Morgan fingerprint density at radius 3 is 2.92 bits per heavy atom. The fourth-order valence-corrected chi connectivity index (χ4v) is 1.79. The minimum Gasteiger partial charge on any atom is -0.496 e. The summed E-state index contributed by atoms with van der Waals surface area (Å²) in [6, 6.07) is 8.04. The number of nitrogens with zero attached hydrogens (tertiary/aromatic N) is 1. The van der Waals surface area contributed by atoms with Crippen molar-refractivity contribution in [2.24, 2.45) is 0 Å². The topological polar surface area (TPSA) is 33.0 Å². The van der Waals surface area contributed by atoms with Crippen LogP contribution in [0.25, 0.3) is 0 Å². The molecule has 0 aliphatic carbocycles. The van der Waals surface area contributed by atoms with Crippen LogP contribution >= 0.6 is 11.8 Å². The first kappa shape index (κ1) is 9.94. The molecule has 0 atom stereocenters. The first-order valence-electron chi connectivity index (χ1n) is 3.92. The highest BCUT2D eigenvalue weighted by Gasteiger charge is 2.02. The molecule has 0 fully saturated rings. The van der Waals surface area contributed by atoms with Crippen molar-refractivity contribution >= 4 is 11.8 Å². The van der Waals surface area contributed by atoms with Gasteiger partial charge >= 0.3 is 0 Å². The Morgan fingerprint density at radius 2 is 2.31 bits per heavy atom. The summed E-state index contributed by atoms with van der Waals surface area (Å²) in [5, 5.41) is 8.45. The number of rotatable bonds is 3. The van der Waals surface area contributed by atoms with Crippen molar-refractivity contribution < 1.29 is 4.74 Å². The monoisotopic (exact) mass is 193 g/mol. The number of nitriles is 1. The molecule has 68 valence electrons. The zero-order valence-electron chi connectivity index (χ0n) is 7.70. The first-order valence-corrected chi connectivity index (χ1v) is 4.91. The Hall–Kier alpha value is -1.14. The normalized spacial score (nSPS) is 9.31. The van der Waals surface area contributed by atoms with Crippen molar-refractivity contribution in [2.75, 3.05) is 12.9 Å². The molecule has 0 N–H and O–H groups in total. The third-order valence-electron chi connectivity index (χ3n) is 1.61. The molecule has 3 heteroatoms. The van der Waals surface area contributed by atoms with Gasteiger partial charge < -0.3 is 4.74 Å². The molecular formula is C10H11NOS. The lowest BCUT2D eigenvalue weighted by molar-refractivity contribution is 0.404. The summed E-state index contributed by atoms with van der Waals surface area (Å²) in [5.74, 6) is 1.30. The quantitative estimate of drug-likeness (QED) is 0.692. The van der Waals surface area contributed by atoms with Crippen molar-refractivity contribution in [3.63, 3.8) is 0 Å². The number of hydrogen-bond acceptors (Lipinski definition) is 3. The maximum Gasteiger partial charge on any atom is 0.132 e. The van der Waals surface area contributed by atoms with Crippen LogP contribution < -0.4 is 4.74 Å². The van der Waals surface area contributed by atoms with Crippen LogP contribution in [-0.4, -0.2) is 12.9 Å². The van der Waals surface area contributed by atoms with E-state index in [9.17, 15) is 0 Å². The SMILES string of the molecule is COc1ccc(C)cc1SCC#N. The molecule has 1 aromatic carbocycles. The zero-order valence-corrected chi connectivity index (χ0v) is 8.52. The average Bonchev–Trinajstić information content (AvgIpc) is 2.15. The van der Waals surface area contributed by atoms with Crippen molar-refractivity contribution in [1.29, 1.82) is 5.26 Å². The minimum absolute atomic E-state index is 0.458. The summed E-state index contributed by atoms with van der Waals surface area (Å²) in [7, 11) is 1.64. The van der Waals surface area contributed by atoms with E-state index in [0.29, 0.717) is 5.75 Å². The molecule has 0 bridgehead atoms. The summed E-state index contributed by atoms with van der Waals surface area (Å²) >= 11 is 1.50. The van der Waals surface area contributed by atoms with Crippen LogP contribution in [0.3, 0.4) is 0 Å². The first-order chi connectivity index (χ1) is 6.27. The fraction of sp³-hybridized carbons (Fsp3) is 0.300. The number of thioether (sulfide) groups is 1. The molecular weight excluding hydrogens is 182 g/mol. The van der Waals surface area contributed by atoms with E-state index >= 15 is 0 Å². The number of benzene rings is 1. The lowest BCUT2D eigenvalue weighted by atomic mass is 10.2. The van der Waals surface area contributed by atoms with Crippen molar-refractivity contribution in [3.8, 4) is 11.8 Å². The van der Waals surface area contributed by atoms with Crippen LogP contribution in [-0.2, 0) is 0 Å². The molecule has 1 rings (SSSR count). The zero-order chi connectivity index (χ0) is 9.68. The third kappa shape index (κ3) is 2.67. The number of aryl methyl sites for hydroxylation is 1. The van der Waals surface area contributed by atoms with E-state index in [1.54, 1.807) is 7.11 Å². The smallest absolute Gasteiger partial charge is 0.132 e. The van der Waals surface area contributed by atoms with Crippen LogP contribution in [0, 0.1) is 18.3 Å². The molecule has 0 saturated carbocycles. The lowest BCUT2D eigenvalue weighted by Gasteiger charge is -2.06. The van der Waals surface area contributed by atoms with Gasteiger partial charge in [-0.05, 0) is 24.6 Å². The molecule has 0 aliphatic heterocycles. The second-order valence-electron chi connectivity index (χ2n) is 2.60. The summed E-state index contributed by atoms with van der Waals surface area (Å²) < 4.78 is 5.17. The molecule has 0 saturated heterocycles. The van der Waals surface area contributed by atoms with Gasteiger partial charge in [-0.25, -0.2) is 0 Å². The van der Waals surface area contributed by atoms with E-state index in [-0.39, 0.29) is 0 Å². The Kier molecular flexibility index (Phi) is 3.66. The molecule has 0 heterocycles. The van der Waals surface area contributed by atoms with E-state index in [1.807, 2.05) is 25.1 Å². The minimum atomic E-state index is 0.458. The Bertz CT molecular complexity index is 330. The van der Waals surface area contributed by atoms with Gasteiger partial charge in [0.05, 0.1) is 23.8 Å². The summed E-state index contributed by atoms with van der Waals surface area (Å²) in [6.45, 7) is 2.02. The Balaban J connectivity index is 2.89. The predicted octanol–water partition coefficient (Wildman–Crippen LogP) is 2.62. The van der Waals surface area contributed by atoms with Crippen molar-refractivity contribution in [1.82, 2.24) is 0 Å². The molecule has 0 radical (unpaired) electrons. The second-order valence-corrected chi connectivity index (χ2v) is 3.62. The highest BCUT2D eigenvalue weighted by molar-refractivity contribution is 7.99. The van der Waals surface area contributed by atoms with Gasteiger partial charge in [-0.2, -0.15) is 5.26 Å². The third-order valence-corrected chi connectivity index (χ3v) is 2.51. The van der Waals surface area contributed by atoms with Gasteiger partial charge in [0.25, 0.3) is 0 Å². The van der Waals surface area contributed by atoms with Gasteiger partial charge in [-0.15, -0.1) is 11.8 Å². The molecule has 0 aliphatic rings. The van der Waals surface area contributed by atoms with Gasteiger partial charge in [0.1, 0.15) is 5.75 Å². The van der Waals surface area contributed by atoms with Gasteiger partial charge in [-0.3, -0.25) is 0 Å². The van der Waals surface area contributed by atoms with E-state index in [0.717, 1.165) is 10.6 Å². The van der Waals surface area contributed by atoms with Crippen LogP contribution in [0.1, 0.15) is 5.56 Å². The number of hydrogen-bond donors (Lipinski definition) is 0. The van der Waals surface area contributed by atoms with Crippen LogP contribution in [0.2, 0.25) is 0 Å². The average molecular weight is 193 g/mol. The van der Waals surface area contributed by atoms with Gasteiger partial charge in [0, 0.05) is 0 Å². The van der Waals surface area contributed by atoms with Crippen molar-refractivity contribution in [3.05, 3.63) is 23.8 Å². The van der Waals surface area contributed by atoms with Gasteiger partial charge in [0.15, 0.2) is 0 Å². The second kappa shape index (κ2) is 4.78. The largest absolute Gasteiger partial charge is 0.496 e. The standard InChI is InChI=1S/C10H11NOS/c1-8-3-4-9(12-2)10(7-8)13-6-5-11/h3-4,7H,6H2,1-2H3. The van der Waals surface area contributed by atoms with E-state index in [2.05, 4.69) is 6.07 Å². The van der Waals surface area contributed by atoms with Crippen LogP contribution in [0.5, 0.6) is 5.75 Å². The van der Waals surface area contributed by atoms with Crippen LogP contribution in [0.4, 0.5) is 0 Å². The maximum atomic E-state index is 8.45. The molecule has 0 amide bonds. The maximum absolute atomic E-state index is 8.45. The van der Waals surface area contributed by atoms with Gasteiger partial charge in [-0.1, -0.05) is 6.07 Å². The number of ether oxygens (including phenoxy) is 1. The number of methoxy groups -OCH3 is 1. The Morgan fingerprint density at radius 1 is 1.54 bits per heavy atom. The van der Waals surface area contributed by atoms with Crippen LogP contribution in [0.15, 0.2) is 23.1 Å². The molecule has 0 unspecified atom stereocenters. The summed E-state index contributed by atoms with van der Waals surface area (Å²) in [5.41, 5.74) is 1.18. The van der Waals surface area contributed by atoms with Crippen molar-refractivity contribution in [2.45, 2.75) is 11.8 Å². The molecule has 1 aromatic rings. The van der Waals surface area contributed by atoms with E-state index in [1.165, 1.54) is 17.3 Å². The molecule has 2 nitrogen and oxygen atoms in total. The van der Waals surface area contributed by atoms with Gasteiger partial charge in [0.2, 0.25) is 0 Å². The summed E-state index contributed by atoms with van der Waals surface area (Å²) in [4.78, 5) is 1.03. The predicted molar refractivity (Wildman–Crippen MR) is 54.1 cm³/mol. The fourth-order valence-electron chi connectivity index (χ4n) is 1.01. The highest BCUT2D eigenvalue weighted by atomic mass is 32.2. The molecule has 0 spiro atoms. The highest BCUT2D eigenvalue weighted by Crippen LogP contribution is 2.29. The van der Waals surface area contributed by atoms with E-state index < -0.39 is 0 Å². The summed E-state index contributed by atoms with van der Waals surface area (Å²) in [6.07, 6.45) is 0.